The zero-order valence-corrected chi connectivity index (χ0v) is 10.1. The smallest absolute Gasteiger partial charge is 0.133 e. The molecule has 19 heavy (non-hydrogen) atoms. The number of pyridine rings is 1. The van der Waals surface area contributed by atoms with E-state index in [4.69, 9.17) is 10.5 Å². The highest BCUT2D eigenvalue weighted by molar-refractivity contribution is 5.90. The van der Waals surface area contributed by atoms with Gasteiger partial charge < -0.3 is 0 Å². The van der Waals surface area contributed by atoms with Gasteiger partial charge in [0.25, 0.3) is 0 Å². The molecule has 0 spiro atoms. The Kier molecular flexibility index (Phi) is 2.59. The van der Waals surface area contributed by atoms with E-state index in [1.807, 2.05) is 54.6 Å². The van der Waals surface area contributed by atoms with E-state index in [0.717, 1.165) is 27.7 Å². The molecule has 3 heteroatoms. The van der Waals surface area contributed by atoms with Gasteiger partial charge in [-0.3, -0.25) is 0 Å². The minimum absolute atomic E-state index is 0.169. The molecule has 0 atom stereocenters. The highest BCUT2D eigenvalue weighted by Crippen LogP contribution is 2.32. The van der Waals surface area contributed by atoms with Crippen molar-refractivity contribution in [3.8, 4) is 12.1 Å². The third-order valence-corrected chi connectivity index (χ3v) is 3.20. The molecule has 1 aromatic heterocycles. The number of aromatic nitrogens is 1. The monoisotopic (exact) mass is 243 g/mol. The summed E-state index contributed by atoms with van der Waals surface area (Å²) in [6.07, 6.45) is 4.48. The second-order valence-corrected chi connectivity index (χ2v) is 4.30. The fourth-order valence-electron chi connectivity index (χ4n) is 2.29. The Labute approximate surface area is 110 Å². The van der Waals surface area contributed by atoms with Crippen LogP contribution in [0.15, 0.2) is 42.0 Å². The van der Waals surface area contributed by atoms with Crippen LogP contribution < -0.4 is 0 Å². The fraction of sp³-hybridized carbons (Fsp3) is 0.0625. The van der Waals surface area contributed by atoms with Crippen molar-refractivity contribution in [2.75, 3.05) is 0 Å². The van der Waals surface area contributed by atoms with Crippen molar-refractivity contribution < 1.29 is 0 Å². The van der Waals surface area contributed by atoms with Crippen molar-refractivity contribution in [1.82, 2.24) is 4.98 Å². The van der Waals surface area contributed by atoms with Crippen LogP contribution in [0.2, 0.25) is 0 Å². The van der Waals surface area contributed by atoms with Gasteiger partial charge in [0.15, 0.2) is 0 Å². The van der Waals surface area contributed by atoms with Gasteiger partial charge in [0.1, 0.15) is 17.7 Å². The number of hydrogen-bond acceptors (Lipinski definition) is 3. The van der Waals surface area contributed by atoms with Crippen molar-refractivity contribution >= 4 is 22.6 Å². The molecule has 0 aliphatic heterocycles. The second-order valence-electron chi connectivity index (χ2n) is 4.30. The first kappa shape index (κ1) is 11.2. The van der Waals surface area contributed by atoms with E-state index in [2.05, 4.69) is 4.98 Å². The minimum Gasteiger partial charge on any atom is -0.248 e. The molecule has 1 aliphatic carbocycles. The fourth-order valence-corrected chi connectivity index (χ4v) is 2.29. The van der Waals surface area contributed by atoms with Crippen LogP contribution in [0.5, 0.6) is 0 Å². The lowest BCUT2D eigenvalue weighted by molar-refractivity contribution is 1.26. The topological polar surface area (TPSA) is 60.5 Å². The number of nitrogens with zero attached hydrogens (tertiary/aromatic N) is 3. The van der Waals surface area contributed by atoms with E-state index in [9.17, 15) is 0 Å². The van der Waals surface area contributed by atoms with E-state index in [1.165, 1.54) is 0 Å². The van der Waals surface area contributed by atoms with Gasteiger partial charge in [-0.15, -0.1) is 0 Å². The number of rotatable bonds is 0. The maximum Gasteiger partial charge on any atom is 0.133 e. The Morgan fingerprint density at radius 2 is 1.95 bits per heavy atom. The summed E-state index contributed by atoms with van der Waals surface area (Å²) in [6.45, 7) is 0. The average Bonchev–Trinajstić information content (AvgIpc) is 2.46. The number of allylic oxidation sites excluding steroid dienone is 3. The van der Waals surface area contributed by atoms with Gasteiger partial charge in [0, 0.05) is 10.9 Å². The summed E-state index contributed by atoms with van der Waals surface area (Å²) in [7, 11) is 0. The predicted octanol–water partition coefficient (Wildman–Crippen LogP) is 3.45. The average molecular weight is 243 g/mol. The van der Waals surface area contributed by atoms with Crippen molar-refractivity contribution in [3.63, 3.8) is 0 Å². The third-order valence-electron chi connectivity index (χ3n) is 3.20. The molecule has 0 fully saturated rings. The Hall–Kier alpha value is -2.91. The molecule has 3 rings (SSSR count). The lowest BCUT2D eigenvalue weighted by Gasteiger charge is -2.14. The molecule has 1 aliphatic rings. The highest BCUT2D eigenvalue weighted by Gasteiger charge is 2.16. The number of benzene rings is 1. The summed E-state index contributed by atoms with van der Waals surface area (Å²) >= 11 is 0. The quantitative estimate of drug-likeness (QED) is 0.666. The molecule has 88 valence electrons. The van der Waals surface area contributed by atoms with Crippen LogP contribution in [0, 0.1) is 22.7 Å². The first-order chi connectivity index (χ1) is 9.33. The molecule has 3 nitrogen and oxygen atoms in total. The van der Waals surface area contributed by atoms with Crippen molar-refractivity contribution in [1.29, 1.82) is 10.5 Å². The van der Waals surface area contributed by atoms with Crippen LogP contribution in [0.25, 0.3) is 22.6 Å². The normalized spacial score (nSPS) is 12.6. The molecule has 0 saturated carbocycles. The molecule has 0 bridgehead atoms. The van der Waals surface area contributed by atoms with Crippen molar-refractivity contribution in [3.05, 3.63) is 53.2 Å². The molecule has 0 amide bonds. The van der Waals surface area contributed by atoms with E-state index < -0.39 is 0 Å². The van der Waals surface area contributed by atoms with Gasteiger partial charge in [-0.2, -0.15) is 10.5 Å². The zero-order chi connectivity index (χ0) is 13.2. The molecule has 1 aromatic carbocycles. The Morgan fingerprint density at radius 1 is 1.16 bits per heavy atom. The molecular formula is C16H9N3. The van der Waals surface area contributed by atoms with Gasteiger partial charge in [-0.1, -0.05) is 24.3 Å². The summed E-state index contributed by atoms with van der Waals surface area (Å²) < 4.78 is 0. The summed E-state index contributed by atoms with van der Waals surface area (Å²) in [5.74, 6) is 0. The van der Waals surface area contributed by atoms with Gasteiger partial charge in [0.2, 0.25) is 0 Å². The first-order valence-electron chi connectivity index (χ1n) is 5.93. The van der Waals surface area contributed by atoms with Crippen LogP contribution in [0.3, 0.4) is 0 Å². The molecule has 0 saturated heterocycles. The maximum absolute atomic E-state index is 9.04. The van der Waals surface area contributed by atoms with Gasteiger partial charge >= 0.3 is 0 Å². The van der Waals surface area contributed by atoms with Gasteiger partial charge in [-0.25, -0.2) is 4.98 Å². The van der Waals surface area contributed by atoms with Crippen molar-refractivity contribution in [2.24, 2.45) is 0 Å². The highest BCUT2D eigenvalue weighted by atomic mass is 14.7. The number of para-hydroxylation sites is 1. The standard InChI is InChI=1S/C16H9N3/c17-9-12(10-18)13-5-3-7-16-14(13)8-11-4-1-2-6-15(11)19-16/h1-4,6-8H,5H2. The van der Waals surface area contributed by atoms with Crippen molar-refractivity contribution in [2.45, 2.75) is 6.42 Å². The second kappa shape index (κ2) is 4.40. The minimum atomic E-state index is 0.169. The molecule has 0 radical (unpaired) electrons. The van der Waals surface area contributed by atoms with E-state index in [0.29, 0.717) is 6.42 Å². The van der Waals surface area contributed by atoms with Crippen LogP contribution in [-0.2, 0) is 0 Å². The predicted molar refractivity (Wildman–Crippen MR) is 73.5 cm³/mol. The Morgan fingerprint density at radius 3 is 2.74 bits per heavy atom. The van der Waals surface area contributed by atoms with Crippen LogP contribution in [-0.4, -0.2) is 4.98 Å². The summed E-state index contributed by atoms with van der Waals surface area (Å²) in [5.41, 5.74) is 3.56. The summed E-state index contributed by atoms with van der Waals surface area (Å²) in [5, 5.41) is 19.1. The maximum atomic E-state index is 9.04. The SMILES string of the molecule is N#CC(C#N)=C1CC=Cc2nc3ccccc3cc21. The Balaban J connectivity index is 2.35. The van der Waals surface area contributed by atoms with E-state index in [-0.39, 0.29) is 5.57 Å². The van der Waals surface area contributed by atoms with E-state index in [1.54, 1.807) is 0 Å². The largest absolute Gasteiger partial charge is 0.248 e. The summed E-state index contributed by atoms with van der Waals surface area (Å²) in [4.78, 5) is 4.58. The Bertz CT molecular complexity index is 798. The van der Waals surface area contributed by atoms with E-state index >= 15 is 0 Å². The van der Waals surface area contributed by atoms with Gasteiger partial charge in [0.05, 0.1) is 11.2 Å². The van der Waals surface area contributed by atoms with Gasteiger partial charge in [-0.05, 0) is 30.2 Å². The summed E-state index contributed by atoms with van der Waals surface area (Å²) in [6, 6.07) is 13.8. The number of fused-ring (bicyclic) bond motifs is 2. The first-order valence-corrected chi connectivity index (χ1v) is 5.93. The molecule has 1 heterocycles. The zero-order valence-electron chi connectivity index (χ0n) is 10.1. The molecular weight excluding hydrogens is 234 g/mol. The van der Waals surface area contributed by atoms with Crippen LogP contribution >= 0.6 is 0 Å². The molecule has 0 N–H and O–H groups in total. The molecule has 0 unspecified atom stereocenters. The van der Waals surface area contributed by atoms with Crippen LogP contribution in [0.4, 0.5) is 0 Å². The molecule has 2 aromatic rings. The number of hydrogen-bond donors (Lipinski definition) is 0. The third kappa shape index (κ3) is 1.78. The van der Waals surface area contributed by atoms with Crippen LogP contribution in [0.1, 0.15) is 17.7 Å². The lowest BCUT2D eigenvalue weighted by Crippen LogP contribution is -1.99. The lowest BCUT2D eigenvalue weighted by atomic mass is 9.91. The number of nitriles is 2.